The van der Waals surface area contributed by atoms with Crippen LogP contribution in [0.2, 0.25) is 0 Å². The minimum absolute atomic E-state index is 0.153. The van der Waals surface area contributed by atoms with E-state index in [-0.39, 0.29) is 18.7 Å². The number of para-hydroxylation sites is 2. The van der Waals surface area contributed by atoms with Crippen LogP contribution in [0.4, 0.5) is 13.2 Å². The lowest BCUT2D eigenvalue weighted by Gasteiger charge is -2.11. The molecule has 2 aromatic rings. The fraction of sp³-hybridized carbons (Fsp3) is 0.235. The van der Waals surface area contributed by atoms with Crippen LogP contribution in [0.1, 0.15) is 15.9 Å². The molecule has 0 saturated heterocycles. The molecule has 24 heavy (non-hydrogen) atoms. The minimum Gasteiger partial charge on any atom is -0.493 e. The summed E-state index contributed by atoms with van der Waals surface area (Å²) in [7, 11) is 1.52. The van der Waals surface area contributed by atoms with Crippen molar-refractivity contribution in [2.45, 2.75) is 6.18 Å². The Labute approximate surface area is 137 Å². The third kappa shape index (κ3) is 4.65. The second-order valence-corrected chi connectivity index (χ2v) is 4.83. The Balaban J connectivity index is 1.83. The Bertz CT molecular complexity index is 684. The maximum Gasteiger partial charge on any atom is 0.416 e. The van der Waals surface area contributed by atoms with Gasteiger partial charge in [-0.2, -0.15) is 13.2 Å². The van der Waals surface area contributed by atoms with Gasteiger partial charge in [-0.1, -0.05) is 12.1 Å². The van der Waals surface area contributed by atoms with E-state index in [1.165, 1.54) is 7.11 Å². The highest BCUT2D eigenvalue weighted by Gasteiger charge is 2.30. The van der Waals surface area contributed by atoms with Crippen LogP contribution in [0, 0.1) is 0 Å². The summed E-state index contributed by atoms with van der Waals surface area (Å²) in [6.07, 6.45) is -4.42. The molecule has 0 aliphatic heterocycles. The van der Waals surface area contributed by atoms with Crippen LogP contribution < -0.4 is 14.8 Å². The van der Waals surface area contributed by atoms with Gasteiger partial charge in [0.05, 0.1) is 19.2 Å². The third-order valence-corrected chi connectivity index (χ3v) is 3.19. The molecule has 0 spiro atoms. The van der Waals surface area contributed by atoms with Crippen LogP contribution in [0.3, 0.4) is 0 Å². The molecule has 0 unspecified atom stereocenters. The van der Waals surface area contributed by atoms with Gasteiger partial charge in [0.1, 0.15) is 6.61 Å². The molecule has 2 rings (SSSR count). The highest BCUT2D eigenvalue weighted by atomic mass is 19.4. The van der Waals surface area contributed by atoms with E-state index < -0.39 is 17.6 Å². The van der Waals surface area contributed by atoms with E-state index in [0.717, 1.165) is 24.3 Å². The van der Waals surface area contributed by atoms with Gasteiger partial charge in [-0.05, 0) is 36.4 Å². The van der Waals surface area contributed by atoms with Crippen molar-refractivity contribution >= 4 is 5.91 Å². The summed E-state index contributed by atoms with van der Waals surface area (Å²) in [6, 6.07) is 11.1. The number of carbonyl (C=O) groups excluding carboxylic acids is 1. The molecule has 0 bridgehead atoms. The van der Waals surface area contributed by atoms with Gasteiger partial charge in [-0.15, -0.1) is 0 Å². The summed E-state index contributed by atoms with van der Waals surface area (Å²) >= 11 is 0. The van der Waals surface area contributed by atoms with E-state index in [0.29, 0.717) is 11.5 Å². The van der Waals surface area contributed by atoms with Crippen molar-refractivity contribution in [1.82, 2.24) is 5.32 Å². The Morgan fingerprint density at radius 1 is 1.04 bits per heavy atom. The summed E-state index contributed by atoms with van der Waals surface area (Å²) in [4.78, 5) is 11.9. The fourth-order valence-electron chi connectivity index (χ4n) is 1.98. The lowest BCUT2D eigenvalue weighted by atomic mass is 10.1. The standard InChI is InChI=1S/C17H16F3NO3/c1-23-14-4-2-3-5-15(14)24-11-10-21-16(22)12-6-8-13(9-7-12)17(18,19)20/h2-9H,10-11H2,1H3,(H,21,22). The van der Waals surface area contributed by atoms with Crippen molar-refractivity contribution in [3.63, 3.8) is 0 Å². The smallest absolute Gasteiger partial charge is 0.416 e. The predicted octanol–water partition coefficient (Wildman–Crippen LogP) is 3.52. The zero-order chi connectivity index (χ0) is 17.6. The number of halogens is 3. The number of rotatable bonds is 6. The zero-order valence-corrected chi connectivity index (χ0v) is 12.9. The first-order chi connectivity index (χ1) is 11.4. The van der Waals surface area contributed by atoms with Gasteiger partial charge in [0.15, 0.2) is 11.5 Å². The first-order valence-corrected chi connectivity index (χ1v) is 7.13. The largest absolute Gasteiger partial charge is 0.493 e. The average Bonchev–Trinajstić information content (AvgIpc) is 2.58. The number of methoxy groups -OCH3 is 1. The van der Waals surface area contributed by atoms with Crippen molar-refractivity contribution in [1.29, 1.82) is 0 Å². The number of hydrogen-bond acceptors (Lipinski definition) is 3. The lowest BCUT2D eigenvalue weighted by Crippen LogP contribution is -2.28. The van der Waals surface area contributed by atoms with Gasteiger partial charge in [-0.3, -0.25) is 4.79 Å². The monoisotopic (exact) mass is 339 g/mol. The molecular formula is C17H16F3NO3. The van der Waals surface area contributed by atoms with Gasteiger partial charge in [0.2, 0.25) is 0 Å². The zero-order valence-electron chi connectivity index (χ0n) is 12.9. The molecule has 0 fully saturated rings. The molecule has 0 saturated carbocycles. The van der Waals surface area contributed by atoms with Gasteiger partial charge in [0.25, 0.3) is 5.91 Å². The minimum atomic E-state index is -4.42. The highest BCUT2D eigenvalue weighted by Crippen LogP contribution is 2.29. The van der Waals surface area contributed by atoms with Crippen LogP contribution in [0.15, 0.2) is 48.5 Å². The average molecular weight is 339 g/mol. The molecule has 7 heteroatoms. The lowest BCUT2D eigenvalue weighted by molar-refractivity contribution is -0.137. The highest BCUT2D eigenvalue weighted by molar-refractivity contribution is 5.94. The first-order valence-electron chi connectivity index (χ1n) is 7.13. The van der Waals surface area contributed by atoms with Gasteiger partial charge >= 0.3 is 6.18 Å². The maximum absolute atomic E-state index is 12.5. The third-order valence-electron chi connectivity index (χ3n) is 3.19. The summed E-state index contributed by atoms with van der Waals surface area (Å²) in [5.41, 5.74) is -0.640. The molecule has 0 aromatic heterocycles. The number of ether oxygens (including phenoxy) is 2. The van der Waals surface area contributed by atoms with E-state index in [1.54, 1.807) is 24.3 Å². The van der Waals surface area contributed by atoms with Crippen LogP contribution in [0.25, 0.3) is 0 Å². The number of benzene rings is 2. The molecule has 2 aromatic carbocycles. The number of carbonyl (C=O) groups is 1. The number of nitrogens with one attached hydrogen (secondary N) is 1. The number of alkyl halides is 3. The van der Waals surface area contributed by atoms with Crippen molar-refractivity contribution in [3.05, 3.63) is 59.7 Å². The van der Waals surface area contributed by atoms with Gasteiger partial charge in [-0.25, -0.2) is 0 Å². The van der Waals surface area contributed by atoms with Crippen LogP contribution in [0.5, 0.6) is 11.5 Å². The Morgan fingerprint density at radius 3 is 2.25 bits per heavy atom. The molecule has 1 N–H and O–H groups in total. The van der Waals surface area contributed by atoms with Crippen LogP contribution in [-0.2, 0) is 6.18 Å². The fourth-order valence-corrected chi connectivity index (χ4v) is 1.98. The van der Waals surface area contributed by atoms with Crippen molar-refractivity contribution in [2.24, 2.45) is 0 Å². The Hall–Kier alpha value is -2.70. The summed E-state index contributed by atoms with van der Waals surface area (Å²) in [5, 5.41) is 2.58. The molecular weight excluding hydrogens is 323 g/mol. The molecule has 0 aliphatic rings. The molecule has 4 nitrogen and oxygen atoms in total. The molecule has 0 heterocycles. The van der Waals surface area contributed by atoms with Crippen molar-refractivity contribution < 1.29 is 27.4 Å². The molecule has 0 radical (unpaired) electrons. The van der Waals surface area contributed by atoms with E-state index in [9.17, 15) is 18.0 Å². The molecule has 0 aliphatic carbocycles. The van der Waals surface area contributed by atoms with Crippen molar-refractivity contribution in [3.8, 4) is 11.5 Å². The molecule has 0 atom stereocenters. The van der Waals surface area contributed by atoms with Gasteiger partial charge in [0, 0.05) is 5.56 Å². The topological polar surface area (TPSA) is 47.6 Å². The summed E-state index contributed by atoms with van der Waals surface area (Å²) in [6.45, 7) is 0.407. The second-order valence-electron chi connectivity index (χ2n) is 4.83. The quantitative estimate of drug-likeness (QED) is 0.819. The van der Waals surface area contributed by atoms with Crippen molar-refractivity contribution in [2.75, 3.05) is 20.3 Å². The first kappa shape index (κ1) is 17.7. The SMILES string of the molecule is COc1ccccc1OCCNC(=O)c1ccc(C(F)(F)F)cc1. The van der Waals surface area contributed by atoms with E-state index in [4.69, 9.17) is 9.47 Å². The van der Waals surface area contributed by atoms with E-state index in [1.807, 2.05) is 0 Å². The van der Waals surface area contributed by atoms with Gasteiger partial charge < -0.3 is 14.8 Å². The summed E-state index contributed by atoms with van der Waals surface area (Å²) < 4.78 is 48.0. The van der Waals surface area contributed by atoms with Crippen LogP contribution >= 0.6 is 0 Å². The normalized spacial score (nSPS) is 11.0. The molecule has 1 amide bonds. The van der Waals surface area contributed by atoms with E-state index in [2.05, 4.69) is 5.32 Å². The second kappa shape index (κ2) is 7.72. The number of amides is 1. The molecule has 128 valence electrons. The van der Waals surface area contributed by atoms with Crippen LogP contribution in [-0.4, -0.2) is 26.2 Å². The van der Waals surface area contributed by atoms with E-state index >= 15 is 0 Å². The predicted molar refractivity (Wildman–Crippen MR) is 82.3 cm³/mol. The Morgan fingerprint density at radius 2 is 1.67 bits per heavy atom. The maximum atomic E-state index is 12.5. The number of hydrogen-bond donors (Lipinski definition) is 1. The Kier molecular flexibility index (Phi) is 5.68. The summed E-state index contributed by atoms with van der Waals surface area (Å²) in [5.74, 6) is 0.655.